The van der Waals surface area contributed by atoms with E-state index >= 15 is 0 Å². The second-order valence-electron chi connectivity index (χ2n) is 5.61. The normalized spacial score (nSPS) is 21.0. The van der Waals surface area contributed by atoms with Gasteiger partial charge >= 0.3 is 5.00 Å². The molecule has 3 heterocycles. The number of nitrogens with zero attached hydrogens (tertiary/aromatic N) is 2. The van der Waals surface area contributed by atoms with Crippen LogP contribution in [-0.2, 0) is 4.74 Å². The molecule has 0 bridgehead atoms. The number of nitrogens with one attached hydrogen (secondary N) is 1. The molecular weight excluding hydrogens is 361 g/mol. The monoisotopic (exact) mass is 383 g/mol. The minimum Gasteiger partial charge on any atom is -0.381 e. The van der Waals surface area contributed by atoms with Crippen LogP contribution in [0.1, 0.15) is 23.8 Å². The lowest BCUT2D eigenvalue weighted by Gasteiger charge is -2.40. The quantitative estimate of drug-likeness (QED) is 0.639. The van der Waals surface area contributed by atoms with Gasteiger partial charge in [-0.15, -0.1) is 24.8 Å². The molecule has 9 heteroatoms. The van der Waals surface area contributed by atoms with E-state index in [9.17, 15) is 10.1 Å². The SMILES string of the molecule is Cl.Cl.O=[N+]([O-])c1ccc([C@@H](C2CCOCC2)N2CCNCC2)s1. The van der Waals surface area contributed by atoms with Gasteiger partial charge in [-0.3, -0.25) is 15.0 Å². The molecule has 0 amide bonds. The molecule has 2 fully saturated rings. The summed E-state index contributed by atoms with van der Waals surface area (Å²) < 4.78 is 5.48. The van der Waals surface area contributed by atoms with Gasteiger partial charge in [0.2, 0.25) is 0 Å². The molecule has 2 aliphatic rings. The molecule has 1 atom stereocenters. The highest BCUT2D eigenvalue weighted by atomic mass is 35.5. The van der Waals surface area contributed by atoms with Crippen LogP contribution in [0, 0.1) is 16.0 Å². The molecule has 1 N–H and O–H groups in total. The number of hydrogen-bond donors (Lipinski definition) is 1. The largest absolute Gasteiger partial charge is 0.381 e. The number of thiophene rings is 1. The van der Waals surface area contributed by atoms with Crippen molar-refractivity contribution < 1.29 is 9.66 Å². The van der Waals surface area contributed by atoms with Crippen molar-refractivity contribution >= 4 is 41.2 Å². The molecule has 0 aliphatic carbocycles. The summed E-state index contributed by atoms with van der Waals surface area (Å²) in [6.45, 7) is 5.61. The van der Waals surface area contributed by atoms with Crippen molar-refractivity contribution in [2.24, 2.45) is 5.92 Å². The van der Waals surface area contributed by atoms with Gasteiger partial charge in [0.15, 0.2) is 0 Å². The summed E-state index contributed by atoms with van der Waals surface area (Å²) in [7, 11) is 0. The van der Waals surface area contributed by atoms with Gasteiger partial charge in [-0.2, -0.15) is 0 Å². The Morgan fingerprint density at radius 2 is 1.91 bits per heavy atom. The smallest absolute Gasteiger partial charge is 0.324 e. The van der Waals surface area contributed by atoms with E-state index in [1.54, 1.807) is 6.07 Å². The molecular formula is C14H23Cl2N3O3S. The number of rotatable bonds is 4. The predicted octanol–water partition coefficient (Wildman–Crippen LogP) is 2.87. The maximum atomic E-state index is 11.0. The van der Waals surface area contributed by atoms with Crippen LogP contribution in [0.5, 0.6) is 0 Å². The molecule has 1 aromatic heterocycles. The first-order chi connectivity index (χ1) is 10.3. The summed E-state index contributed by atoms with van der Waals surface area (Å²) >= 11 is 1.33. The van der Waals surface area contributed by atoms with Crippen molar-refractivity contribution in [2.45, 2.75) is 18.9 Å². The highest BCUT2D eigenvalue weighted by molar-refractivity contribution is 7.15. The minimum atomic E-state index is -0.285. The van der Waals surface area contributed by atoms with E-state index in [-0.39, 0.29) is 34.7 Å². The van der Waals surface area contributed by atoms with E-state index in [1.165, 1.54) is 11.3 Å². The number of hydrogen-bond acceptors (Lipinski definition) is 6. The van der Waals surface area contributed by atoms with Gasteiger partial charge in [-0.05, 0) is 24.8 Å². The third kappa shape index (κ3) is 5.01. The van der Waals surface area contributed by atoms with Crippen LogP contribution in [0.3, 0.4) is 0 Å². The highest BCUT2D eigenvalue weighted by Gasteiger charge is 2.33. The number of piperazine rings is 1. The topological polar surface area (TPSA) is 67.6 Å². The van der Waals surface area contributed by atoms with Crippen LogP contribution >= 0.6 is 36.2 Å². The molecule has 2 aliphatic heterocycles. The van der Waals surface area contributed by atoms with Crippen molar-refractivity contribution in [2.75, 3.05) is 39.4 Å². The molecule has 0 radical (unpaired) electrons. The van der Waals surface area contributed by atoms with Gasteiger partial charge in [-0.25, -0.2) is 0 Å². The van der Waals surface area contributed by atoms with Crippen LogP contribution in [0.15, 0.2) is 12.1 Å². The predicted molar refractivity (Wildman–Crippen MR) is 96.2 cm³/mol. The second kappa shape index (κ2) is 9.76. The van der Waals surface area contributed by atoms with Crippen molar-refractivity contribution in [1.82, 2.24) is 10.2 Å². The van der Waals surface area contributed by atoms with Crippen LogP contribution in [-0.4, -0.2) is 49.2 Å². The third-order valence-electron chi connectivity index (χ3n) is 4.34. The Balaban J connectivity index is 0.00000132. The fourth-order valence-electron chi connectivity index (χ4n) is 3.30. The molecule has 3 rings (SSSR count). The van der Waals surface area contributed by atoms with Crippen LogP contribution < -0.4 is 5.32 Å². The number of nitro groups is 1. The summed E-state index contributed by atoms with van der Waals surface area (Å²) in [6.07, 6.45) is 2.08. The lowest BCUT2D eigenvalue weighted by Crippen LogP contribution is -2.47. The van der Waals surface area contributed by atoms with E-state index in [2.05, 4.69) is 10.2 Å². The van der Waals surface area contributed by atoms with E-state index in [4.69, 9.17) is 4.74 Å². The van der Waals surface area contributed by atoms with Crippen LogP contribution in [0.25, 0.3) is 0 Å². The number of halogens is 2. The second-order valence-corrected chi connectivity index (χ2v) is 6.71. The summed E-state index contributed by atoms with van der Waals surface area (Å²) in [5, 5.41) is 14.6. The van der Waals surface area contributed by atoms with Gasteiger partial charge in [0.1, 0.15) is 0 Å². The first-order valence-electron chi connectivity index (χ1n) is 7.52. The zero-order valence-corrected chi connectivity index (χ0v) is 15.3. The first-order valence-corrected chi connectivity index (χ1v) is 8.34. The zero-order valence-electron chi connectivity index (χ0n) is 12.8. The molecule has 6 nitrogen and oxygen atoms in total. The zero-order chi connectivity index (χ0) is 14.7. The van der Waals surface area contributed by atoms with Gasteiger partial charge in [0.25, 0.3) is 0 Å². The average Bonchev–Trinajstić information content (AvgIpc) is 3.00. The Hall–Kier alpha value is -0.440. The maximum Gasteiger partial charge on any atom is 0.324 e. The number of ether oxygens (including phenoxy) is 1. The highest BCUT2D eigenvalue weighted by Crippen LogP contribution is 2.40. The Kier molecular flexibility index (Phi) is 8.74. The van der Waals surface area contributed by atoms with Crippen molar-refractivity contribution in [3.8, 4) is 0 Å². The fraction of sp³-hybridized carbons (Fsp3) is 0.714. The van der Waals surface area contributed by atoms with E-state index in [0.29, 0.717) is 12.0 Å². The Morgan fingerprint density at radius 3 is 2.48 bits per heavy atom. The molecule has 2 saturated heterocycles. The van der Waals surface area contributed by atoms with Gasteiger partial charge in [0.05, 0.1) is 4.92 Å². The van der Waals surface area contributed by atoms with Crippen LogP contribution in [0.2, 0.25) is 0 Å². The first kappa shape index (κ1) is 20.6. The van der Waals surface area contributed by atoms with E-state index < -0.39 is 0 Å². The average molecular weight is 384 g/mol. The molecule has 0 spiro atoms. The summed E-state index contributed by atoms with van der Waals surface area (Å²) in [5.41, 5.74) is 0. The van der Waals surface area contributed by atoms with E-state index in [0.717, 1.165) is 57.1 Å². The van der Waals surface area contributed by atoms with Crippen LogP contribution in [0.4, 0.5) is 5.00 Å². The third-order valence-corrected chi connectivity index (χ3v) is 5.45. The minimum absolute atomic E-state index is 0. The van der Waals surface area contributed by atoms with Gasteiger partial charge in [-0.1, -0.05) is 11.3 Å². The summed E-state index contributed by atoms with van der Waals surface area (Å²) in [5.74, 6) is 0.537. The molecule has 0 aromatic carbocycles. The molecule has 23 heavy (non-hydrogen) atoms. The van der Waals surface area contributed by atoms with Gasteiger partial charge < -0.3 is 10.1 Å². The summed E-state index contributed by atoms with van der Waals surface area (Å²) in [6, 6.07) is 3.90. The molecule has 1 aromatic rings. The fourth-order valence-corrected chi connectivity index (χ4v) is 4.35. The molecule has 0 unspecified atom stereocenters. The maximum absolute atomic E-state index is 11.0. The van der Waals surface area contributed by atoms with Crippen molar-refractivity contribution in [3.63, 3.8) is 0 Å². The molecule has 0 saturated carbocycles. The molecule has 132 valence electrons. The summed E-state index contributed by atoms with van der Waals surface area (Å²) in [4.78, 5) is 14.3. The van der Waals surface area contributed by atoms with E-state index in [1.807, 2.05) is 6.07 Å². The lowest BCUT2D eigenvalue weighted by molar-refractivity contribution is -0.380. The van der Waals surface area contributed by atoms with Crippen molar-refractivity contribution in [3.05, 3.63) is 27.1 Å². The van der Waals surface area contributed by atoms with Crippen molar-refractivity contribution in [1.29, 1.82) is 0 Å². The Bertz CT molecular complexity index is 473. The Labute approximate surface area is 152 Å². The Morgan fingerprint density at radius 1 is 1.26 bits per heavy atom. The standard InChI is InChI=1S/C14H21N3O3S.2ClH/c18-17(19)13-2-1-12(21-13)14(11-3-9-20-10-4-11)16-7-5-15-6-8-16;;/h1-2,11,14-15H,3-10H2;2*1H/t14-;;/m1../s1. The lowest BCUT2D eigenvalue weighted by atomic mass is 9.89. The van der Waals surface area contributed by atoms with Gasteiger partial charge in [0, 0.05) is 56.4 Å².